The average molecular weight is 505 g/mol. The van der Waals surface area contributed by atoms with Crippen molar-refractivity contribution < 1.29 is 14.3 Å². The molecule has 2 saturated heterocycles. The molecule has 0 saturated carbocycles. The number of rotatable bonds is 5. The Morgan fingerprint density at radius 3 is 2.97 bits per heavy atom. The maximum atomic E-state index is 13.2. The first-order valence-electron chi connectivity index (χ1n) is 12.6. The van der Waals surface area contributed by atoms with E-state index in [1.165, 1.54) is 10.4 Å². The number of thiophene rings is 1. The van der Waals surface area contributed by atoms with Crippen molar-refractivity contribution in [1.82, 2.24) is 25.1 Å². The van der Waals surface area contributed by atoms with Crippen molar-refractivity contribution in [2.24, 2.45) is 5.92 Å². The maximum absolute atomic E-state index is 13.2. The number of ether oxygens (including phenoxy) is 2. The number of nitrogens with zero attached hydrogens (tertiary/aromatic N) is 4. The molecule has 1 aliphatic carbocycles. The van der Waals surface area contributed by atoms with Gasteiger partial charge < -0.3 is 19.7 Å². The van der Waals surface area contributed by atoms with Crippen molar-refractivity contribution in [1.29, 1.82) is 0 Å². The number of benzene rings is 1. The lowest BCUT2D eigenvalue weighted by Gasteiger charge is -2.55. The Morgan fingerprint density at radius 1 is 1.33 bits per heavy atom. The van der Waals surface area contributed by atoms with Gasteiger partial charge in [-0.15, -0.1) is 11.3 Å². The molecule has 7 rings (SSSR count). The Hall–Kier alpha value is -3.24. The zero-order valence-corrected chi connectivity index (χ0v) is 21.2. The number of carbonyl (C=O) groups excluding carboxylic acids is 1. The van der Waals surface area contributed by atoms with E-state index in [4.69, 9.17) is 9.47 Å². The summed E-state index contributed by atoms with van der Waals surface area (Å²) < 4.78 is 11.8. The van der Waals surface area contributed by atoms with Gasteiger partial charge in [-0.3, -0.25) is 9.89 Å². The van der Waals surface area contributed by atoms with Crippen molar-refractivity contribution >= 4 is 49.9 Å². The molecule has 10 heteroatoms. The highest BCUT2D eigenvalue weighted by atomic mass is 32.1. The van der Waals surface area contributed by atoms with Gasteiger partial charge in [-0.1, -0.05) is 0 Å². The lowest BCUT2D eigenvalue weighted by atomic mass is 9.82. The summed E-state index contributed by atoms with van der Waals surface area (Å²) in [6.07, 6.45) is 6.97. The van der Waals surface area contributed by atoms with Crippen molar-refractivity contribution in [2.45, 2.75) is 51.2 Å². The van der Waals surface area contributed by atoms with E-state index in [1.807, 2.05) is 30.9 Å². The number of fused-ring (bicyclic) bond motifs is 4. The molecule has 1 aromatic carbocycles. The minimum absolute atomic E-state index is 0.0249. The number of carbonyl (C=O) groups is 1. The van der Waals surface area contributed by atoms with Crippen LogP contribution in [0.3, 0.4) is 0 Å². The lowest BCUT2D eigenvalue weighted by Crippen LogP contribution is -2.70. The first-order chi connectivity index (χ1) is 17.5. The van der Waals surface area contributed by atoms with E-state index < -0.39 is 0 Å². The number of likely N-dealkylation sites (tertiary alicyclic amines) is 1. The minimum Gasteiger partial charge on any atom is -0.489 e. The summed E-state index contributed by atoms with van der Waals surface area (Å²) in [4.78, 5) is 26.6. The van der Waals surface area contributed by atoms with Gasteiger partial charge in [-0.25, -0.2) is 9.97 Å². The second kappa shape index (κ2) is 8.14. The van der Waals surface area contributed by atoms with Crippen molar-refractivity contribution in [3.63, 3.8) is 0 Å². The van der Waals surface area contributed by atoms with Crippen LogP contribution in [0.1, 0.15) is 37.1 Å². The van der Waals surface area contributed by atoms with Crippen LogP contribution in [0.4, 0.5) is 11.5 Å². The van der Waals surface area contributed by atoms with Crippen LogP contribution < -0.4 is 10.1 Å². The summed E-state index contributed by atoms with van der Waals surface area (Å²) in [6, 6.07) is 4.00. The summed E-state index contributed by atoms with van der Waals surface area (Å²) in [7, 11) is 0. The zero-order chi connectivity index (χ0) is 24.4. The summed E-state index contributed by atoms with van der Waals surface area (Å²) in [5.41, 5.74) is 3.00. The number of aromatic nitrogens is 4. The topological polar surface area (TPSA) is 105 Å². The van der Waals surface area contributed by atoms with E-state index >= 15 is 0 Å². The SMILES string of the molecule is CC(C)Oc1cc2[nH]ncc2cc1Nc1ncnc2sc3c(c12)CC[C@H](C(=O)N1CC2(CCO2)C1)C3. The van der Waals surface area contributed by atoms with E-state index in [1.54, 1.807) is 23.9 Å². The maximum Gasteiger partial charge on any atom is 0.226 e. The zero-order valence-electron chi connectivity index (χ0n) is 20.3. The van der Waals surface area contributed by atoms with E-state index in [0.717, 1.165) is 83.8 Å². The number of hydrogen-bond donors (Lipinski definition) is 2. The molecular weight excluding hydrogens is 476 g/mol. The van der Waals surface area contributed by atoms with Gasteiger partial charge in [0, 0.05) is 28.7 Å². The second-order valence-corrected chi connectivity index (χ2v) is 11.5. The molecule has 2 N–H and O–H groups in total. The number of hydrogen-bond acceptors (Lipinski definition) is 8. The summed E-state index contributed by atoms with van der Waals surface area (Å²) in [6.45, 7) is 6.35. The largest absolute Gasteiger partial charge is 0.489 e. The summed E-state index contributed by atoms with van der Waals surface area (Å²) in [5, 5.41) is 12.7. The summed E-state index contributed by atoms with van der Waals surface area (Å²) in [5.74, 6) is 1.81. The number of aryl methyl sites for hydroxylation is 1. The van der Waals surface area contributed by atoms with Crippen molar-refractivity contribution in [3.05, 3.63) is 35.1 Å². The number of amides is 1. The van der Waals surface area contributed by atoms with Crippen LogP contribution >= 0.6 is 11.3 Å². The fourth-order valence-corrected chi connectivity index (χ4v) is 6.93. The monoisotopic (exact) mass is 504 g/mol. The predicted molar refractivity (Wildman–Crippen MR) is 138 cm³/mol. The molecule has 4 aromatic rings. The number of aromatic amines is 1. The average Bonchev–Trinajstić information content (AvgIpc) is 3.40. The molecule has 1 atom stereocenters. The minimum atomic E-state index is -0.0269. The molecular formula is C26H28N6O3S. The Balaban J connectivity index is 1.18. The van der Waals surface area contributed by atoms with Gasteiger partial charge in [0.05, 0.1) is 48.6 Å². The van der Waals surface area contributed by atoms with Gasteiger partial charge in [0.25, 0.3) is 0 Å². The van der Waals surface area contributed by atoms with Crippen LogP contribution in [0.5, 0.6) is 5.75 Å². The third kappa shape index (κ3) is 3.54. The van der Waals surface area contributed by atoms with E-state index in [9.17, 15) is 4.79 Å². The molecule has 9 nitrogen and oxygen atoms in total. The quantitative estimate of drug-likeness (QED) is 0.420. The first kappa shape index (κ1) is 22.0. The van der Waals surface area contributed by atoms with Gasteiger partial charge >= 0.3 is 0 Å². The third-order valence-electron chi connectivity index (χ3n) is 7.59. The number of nitrogens with one attached hydrogen (secondary N) is 2. The smallest absolute Gasteiger partial charge is 0.226 e. The molecule has 0 unspecified atom stereocenters. The predicted octanol–water partition coefficient (Wildman–Crippen LogP) is 4.20. The number of H-pyrrole nitrogens is 1. The first-order valence-corrected chi connectivity index (χ1v) is 13.4. The van der Waals surface area contributed by atoms with Crippen LogP contribution in [0.2, 0.25) is 0 Å². The van der Waals surface area contributed by atoms with Gasteiger partial charge in [-0.05, 0) is 44.7 Å². The third-order valence-corrected chi connectivity index (χ3v) is 8.75. The van der Waals surface area contributed by atoms with E-state index in [-0.39, 0.29) is 23.5 Å². The fourth-order valence-electron chi connectivity index (χ4n) is 5.67. The fraction of sp³-hybridized carbons (Fsp3) is 0.462. The van der Waals surface area contributed by atoms with Crippen LogP contribution in [0.15, 0.2) is 24.7 Å². The number of anilines is 2. The van der Waals surface area contributed by atoms with Gasteiger partial charge in [0.2, 0.25) is 5.91 Å². The van der Waals surface area contributed by atoms with Crippen molar-refractivity contribution in [2.75, 3.05) is 25.0 Å². The molecule has 36 heavy (non-hydrogen) atoms. The Kier molecular flexibility index (Phi) is 4.97. The Bertz CT molecular complexity index is 1480. The highest BCUT2D eigenvalue weighted by Gasteiger charge is 2.51. The molecule has 1 spiro atoms. The van der Waals surface area contributed by atoms with E-state index in [0.29, 0.717) is 0 Å². The van der Waals surface area contributed by atoms with Gasteiger partial charge in [-0.2, -0.15) is 5.10 Å². The molecule has 2 fully saturated rings. The molecule has 186 valence electrons. The molecule has 3 aromatic heterocycles. The highest BCUT2D eigenvalue weighted by molar-refractivity contribution is 7.19. The van der Waals surface area contributed by atoms with Crippen LogP contribution in [0, 0.1) is 5.92 Å². The lowest BCUT2D eigenvalue weighted by molar-refractivity contribution is -0.223. The summed E-state index contributed by atoms with van der Waals surface area (Å²) >= 11 is 1.68. The van der Waals surface area contributed by atoms with Crippen LogP contribution in [0.25, 0.3) is 21.1 Å². The second-order valence-electron chi connectivity index (χ2n) is 10.4. The molecule has 2 aliphatic heterocycles. The molecule has 1 amide bonds. The molecule has 0 radical (unpaired) electrons. The van der Waals surface area contributed by atoms with Crippen LogP contribution in [-0.4, -0.2) is 62.4 Å². The van der Waals surface area contributed by atoms with Gasteiger partial charge in [0.1, 0.15) is 28.3 Å². The van der Waals surface area contributed by atoms with E-state index in [2.05, 4.69) is 25.5 Å². The van der Waals surface area contributed by atoms with Crippen molar-refractivity contribution in [3.8, 4) is 5.75 Å². The Morgan fingerprint density at radius 2 is 2.19 bits per heavy atom. The molecule has 5 heterocycles. The standard InChI is InChI=1S/C26H28N6O3S/c1-14(2)35-20-9-18-16(10-29-31-18)7-19(20)30-23-22-17-4-3-15(8-21(17)36-24(22)28-13-27-23)25(33)32-11-26(12-32)5-6-34-26/h7,9-10,13-15H,3-6,8,11-12H2,1-2H3,(H,29,31)(H,27,28,30)/t15-/m0/s1. The molecule has 0 bridgehead atoms. The Labute approximate surface area is 212 Å². The normalized spacial score (nSPS) is 20.4. The highest BCUT2D eigenvalue weighted by Crippen LogP contribution is 2.43. The van der Waals surface area contributed by atoms with Crippen LogP contribution in [-0.2, 0) is 22.4 Å². The molecule has 3 aliphatic rings. The van der Waals surface area contributed by atoms with Gasteiger partial charge in [0.15, 0.2) is 0 Å².